The first kappa shape index (κ1) is 10.6. The highest BCUT2D eigenvalue weighted by Crippen LogP contribution is 2.23. The molecule has 5 nitrogen and oxygen atoms in total. The van der Waals surface area contributed by atoms with Crippen molar-refractivity contribution in [1.29, 1.82) is 0 Å². The third-order valence-corrected chi connectivity index (χ3v) is 2.01. The first-order valence-electron chi connectivity index (χ1n) is 4.58. The van der Waals surface area contributed by atoms with Crippen LogP contribution in [0.15, 0.2) is 22.7 Å². The van der Waals surface area contributed by atoms with E-state index in [-0.39, 0.29) is 11.7 Å². The molecule has 0 saturated carbocycles. The Morgan fingerprint density at radius 1 is 1.44 bits per heavy atom. The summed E-state index contributed by atoms with van der Waals surface area (Å²) in [6.45, 7) is 1.48. The number of hydrogen-bond acceptors (Lipinski definition) is 5. The zero-order chi connectivity index (χ0) is 11.7. The van der Waals surface area contributed by atoms with Crippen LogP contribution in [0.3, 0.4) is 0 Å². The highest BCUT2D eigenvalue weighted by molar-refractivity contribution is 5.55. The van der Waals surface area contributed by atoms with Crippen molar-refractivity contribution in [2.45, 2.75) is 13.0 Å². The Balaban J connectivity index is 2.39. The number of aromatic nitrogens is 2. The molecular weight excluding hydrogens is 215 g/mol. The lowest BCUT2D eigenvalue weighted by Crippen LogP contribution is -1.90. The molecule has 1 aromatic heterocycles. The maximum atomic E-state index is 13.0. The Morgan fingerprint density at radius 2 is 2.19 bits per heavy atom. The van der Waals surface area contributed by atoms with Crippen LogP contribution < -0.4 is 0 Å². The highest BCUT2D eigenvalue weighted by atomic mass is 19.1. The van der Waals surface area contributed by atoms with Crippen molar-refractivity contribution in [2.24, 2.45) is 0 Å². The number of aromatic hydroxyl groups is 1. The van der Waals surface area contributed by atoms with Gasteiger partial charge in [0.2, 0.25) is 5.82 Å². The molecule has 1 unspecified atom stereocenters. The van der Waals surface area contributed by atoms with Gasteiger partial charge >= 0.3 is 0 Å². The monoisotopic (exact) mass is 224 g/mol. The van der Waals surface area contributed by atoms with E-state index in [1.807, 2.05) is 0 Å². The summed E-state index contributed by atoms with van der Waals surface area (Å²) in [6.07, 6.45) is -0.872. The summed E-state index contributed by atoms with van der Waals surface area (Å²) in [5.41, 5.74) is 0.367. The van der Waals surface area contributed by atoms with E-state index in [1.54, 1.807) is 0 Å². The maximum absolute atomic E-state index is 13.0. The van der Waals surface area contributed by atoms with Crippen molar-refractivity contribution in [3.8, 4) is 17.1 Å². The lowest BCUT2D eigenvalue weighted by Gasteiger charge is -1.97. The minimum absolute atomic E-state index is 0.0588. The zero-order valence-electron chi connectivity index (χ0n) is 8.38. The number of benzene rings is 1. The Labute approximate surface area is 90.2 Å². The summed E-state index contributed by atoms with van der Waals surface area (Å²) in [5, 5.41) is 21.8. The van der Waals surface area contributed by atoms with Crippen molar-refractivity contribution in [2.75, 3.05) is 0 Å². The van der Waals surface area contributed by atoms with Crippen LogP contribution in [0.4, 0.5) is 4.39 Å². The van der Waals surface area contributed by atoms with Gasteiger partial charge in [-0.3, -0.25) is 0 Å². The summed E-state index contributed by atoms with van der Waals surface area (Å²) in [4.78, 5) is 3.87. The standard InChI is InChI=1S/C10H9FN2O3/c1-5(14)10-12-9(13-16-10)6-2-3-8(15)7(11)4-6/h2-5,14-15H,1H3. The average Bonchev–Trinajstić information content (AvgIpc) is 2.71. The van der Waals surface area contributed by atoms with Gasteiger partial charge in [-0.15, -0.1) is 0 Å². The molecule has 1 aromatic carbocycles. The van der Waals surface area contributed by atoms with Crippen molar-refractivity contribution in [1.82, 2.24) is 10.1 Å². The number of halogens is 1. The molecule has 1 atom stereocenters. The van der Waals surface area contributed by atoms with E-state index in [9.17, 15) is 9.50 Å². The highest BCUT2D eigenvalue weighted by Gasteiger charge is 2.13. The summed E-state index contributed by atoms with van der Waals surface area (Å²) < 4.78 is 17.8. The van der Waals surface area contributed by atoms with E-state index >= 15 is 0 Å². The Morgan fingerprint density at radius 3 is 2.75 bits per heavy atom. The molecule has 1 heterocycles. The minimum Gasteiger partial charge on any atom is -0.505 e. The first-order valence-corrected chi connectivity index (χ1v) is 4.58. The third-order valence-electron chi connectivity index (χ3n) is 2.01. The molecule has 0 saturated heterocycles. The van der Waals surface area contributed by atoms with Gasteiger partial charge in [0.25, 0.3) is 5.89 Å². The molecule has 16 heavy (non-hydrogen) atoms. The summed E-state index contributed by atoms with van der Waals surface area (Å²) in [6, 6.07) is 3.74. The third kappa shape index (κ3) is 1.87. The SMILES string of the molecule is CC(O)c1nc(-c2ccc(O)c(F)c2)no1. The van der Waals surface area contributed by atoms with Gasteiger partial charge < -0.3 is 14.7 Å². The number of rotatable bonds is 2. The van der Waals surface area contributed by atoms with Gasteiger partial charge in [-0.1, -0.05) is 5.16 Å². The Kier molecular flexibility index (Phi) is 2.57. The average molecular weight is 224 g/mol. The number of nitrogens with zero attached hydrogens (tertiary/aromatic N) is 2. The molecule has 0 amide bonds. The van der Waals surface area contributed by atoms with Crippen LogP contribution in [0.1, 0.15) is 18.9 Å². The number of aliphatic hydroxyl groups excluding tert-OH is 1. The van der Waals surface area contributed by atoms with Crippen LogP contribution in [-0.4, -0.2) is 20.4 Å². The first-order chi connectivity index (χ1) is 7.58. The van der Waals surface area contributed by atoms with Gasteiger partial charge in [0.1, 0.15) is 6.10 Å². The second-order valence-corrected chi connectivity index (χ2v) is 3.30. The molecule has 2 N–H and O–H groups in total. The lowest BCUT2D eigenvalue weighted by atomic mass is 10.2. The molecular formula is C10H9FN2O3. The molecule has 2 aromatic rings. The molecule has 0 spiro atoms. The predicted molar refractivity (Wildman–Crippen MR) is 52.0 cm³/mol. The number of aliphatic hydroxyl groups is 1. The minimum atomic E-state index is -0.872. The fourth-order valence-electron chi connectivity index (χ4n) is 1.17. The van der Waals surface area contributed by atoms with Gasteiger partial charge in [0.15, 0.2) is 11.6 Å². The fourth-order valence-corrected chi connectivity index (χ4v) is 1.17. The van der Waals surface area contributed by atoms with E-state index in [1.165, 1.54) is 19.1 Å². The summed E-state index contributed by atoms with van der Waals surface area (Å²) >= 11 is 0. The molecule has 0 aliphatic carbocycles. The van der Waals surface area contributed by atoms with Crippen LogP contribution in [0.5, 0.6) is 5.75 Å². The second kappa shape index (κ2) is 3.90. The Hall–Kier alpha value is -1.95. The predicted octanol–water partition coefficient (Wildman–Crippen LogP) is 1.63. The smallest absolute Gasteiger partial charge is 0.255 e. The second-order valence-electron chi connectivity index (χ2n) is 3.30. The van der Waals surface area contributed by atoms with Crippen LogP contribution in [0, 0.1) is 5.82 Å². The van der Waals surface area contributed by atoms with E-state index in [0.29, 0.717) is 5.56 Å². The molecule has 0 bridgehead atoms. The normalized spacial score (nSPS) is 12.7. The van der Waals surface area contributed by atoms with Crippen LogP contribution >= 0.6 is 0 Å². The molecule has 0 fully saturated rings. The largest absolute Gasteiger partial charge is 0.505 e. The van der Waals surface area contributed by atoms with Crippen LogP contribution in [-0.2, 0) is 0 Å². The van der Waals surface area contributed by atoms with Crippen molar-refractivity contribution < 1.29 is 19.1 Å². The molecule has 2 rings (SSSR count). The Bertz CT molecular complexity index is 511. The van der Waals surface area contributed by atoms with E-state index in [0.717, 1.165) is 6.07 Å². The van der Waals surface area contributed by atoms with Gasteiger partial charge in [-0.05, 0) is 25.1 Å². The molecule has 0 radical (unpaired) electrons. The number of phenolic OH excluding ortho intramolecular Hbond substituents is 1. The van der Waals surface area contributed by atoms with Crippen molar-refractivity contribution in [3.05, 3.63) is 29.9 Å². The van der Waals surface area contributed by atoms with E-state index in [2.05, 4.69) is 10.1 Å². The van der Waals surface area contributed by atoms with Gasteiger partial charge in [-0.2, -0.15) is 4.98 Å². The van der Waals surface area contributed by atoms with Gasteiger partial charge in [0, 0.05) is 5.56 Å². The fraction of sp³-hybridized carbons (Fsp3) is 0.200. The number of hydrogen-bond donors (Lipinski definition) is 2. The zero-order valence-corrected chi connectivity index (χ0v) is 8.38. The van der Waals surface area contributed by atoms with Crippen LogP contribution in [0.25, 0.3) is 11.4 Å². The van der Waals surface area contributed by atoms with Gasteiger partial charge in [0.05, 0.1) is 0 Å². The van der Waals surface area contributed by atoms with Gasteiger partial charge in [-0.25, -0.2) is 4.39 Å². The quantitative estimate of drug-likeness (QED) is 0.810. The molecule has 0 aliphatic heterocycles. The molecule has 84 valence electrons. The topological polar surface area (TPSA) is 79.4 Å². The van der Waals surface area contributed by atoms with E-state index < -0.39 is 17.7 Å². The molecule has 0 aliphatic rings. The van der Waals surface area contributed by atoms with Crippen LogP contribution in [0.2, 0.25) is 0 Å². The van der Waals surface area contributed by atoms with Crippen molar-refractivity contribution >= 4 is 0 Å². The van der Waals surface area contributed by atoms with Crippen molar-refractivity contribution in [3.63, 3.8) is 0 Å². The number of phenols is 1. The lowest BCUT2D eigenvalue weighted by molar-refractivity contribution is 0.152. The summed E-state index contributed by atoms with van der Waals surface area (Å²) in [5.74, 6) is -0.984. The summed E-state index contributed by atoms with van der Waals surface area (Å²) in [7, 11) is 0. The maximum Gasteiger partial charge on any atom is 0.255 e. The molecule has 6 heteroatoms. The van der Waals surface area contributed by atoms with E-state index in [4.69, 9.17) is 9.63 Å².